The maximum atomic E-state index is 11.7. The molecule has 2 fully saturated rings. The Balaban J connectivity index is 1.71. The molecule has 2 saturated heterocycles. The summed E-state index contributed by atoms with van der Waals surface area (Å²) in [7, 11) is 4.23. The van der Waals surface area contributed by atoms with Gasteiger partial charge >= 0.3 is 0 Å². The number of aliphatic hydroxyl groups is 1. The Morgan fingerprint density at radius 3 is 2.78 bits per heavy atom. The van der Waals surface area contributed by atoms with Crippen LogP contribution >= 0.6 is 11.8 Å². The van der Waals surface area contributed by atoms with E-state index in [9.17, 15) is 9.90 Å². The summed E-state index contributed by atoms with van der Waals surface area (Å²) in [6.07, 6.45) is 5.58. The fourth-order valence-corrected chi connectivity index (χ4v) is 3.56. The van der Waals surface area contributed by atoms with E-state index in [1.54, 1.807) is 18.3 Å². The highest BCUT2D eigenvalue weighted by Crippen LogP contribution is 2.27. The number of anilines is 1. The molecule has 1 atom stereocenters. The first-order valence-corrected chi connectivity index (χ1v) is 8.52. The summed E-state index contributed by atoms with van der Waals surface area (Å²) in [5, 5.41) is 11.9. The number of nitrogens with zero attached hydrogens (tertiary/aromatic N) is 4. The van der Waals surface area contributed by atoms with Crippen LogP contribution in [0.2, 0.25) is 0 Å². The molecule has 3 rings (SSSR count). The van der Waals surface area contributed by atoms with E-state index in [0.717, 1.165) is 37.7 Å². The van der Waals surface area contributed by atoms with Gasteiger partial charge in [0.05, 0.1) is 10.6 Å². The molecule has 124 valence electrons. The third kappa shape index (κ3) is 3.82. The van der Waals surface area contributed by atoms with E-state index >= 15 is 0 Å². The van der Waals surface area contributed by atoms with Crippen LogP contribution in [0.15, 0.2) is 17.2 Å². The monoisotopic (exact) mass is 335 g/mol. The number of amides is 1. The quantitative estimate of drug-likeness (QED) is 0.778. The van der Waals surface area contributed by atoms with Crippen LogP contribution in [0.1, 0.15) is 18.5 Å². The lowest BCUT2D eigenvalue weighted by Gasteiger charge is -2.35. The van der Waals surface area contributed by atoms with Crippen molar-refractivity contribution in [3.63, 3.8) is 0 Å². The van der Waals surface area contributed by atoms with Gasteiger partial charge in [-0.1, -0.05) is 11.8 Å². The van der Waals surface area contributed by atoms with Gasteiger partial charge in [0, 0.05) is 25.3 Å². The molecule has 3 heterocycles. The van der Waals surface area contributed by atoms with Crippen molar-refractivity contribution < 1.29 is 9.90 Å². The molecule has 0 aromatic carbocycles. The fraction of sp³-hybridized carbons (Fsp3) is 0.533. The summed E-state index contributed by atoms with van der Waals surface area (Å²) in [6, 6.07) is 2.37. The van der Waals surface area contributed by atoms with Crippen LogP contribution in [0.4, 0.5) is 5.95 Å². The highest BCUT2D eigenvalue weighted by molar-refractivity contribution is 8.05. The Morgan fingerprint density at radius 1 is 1.43 bits per heavy atom. The van der Waals surface area contributed by atoms with E-state index in [4.69, 9.17) is 0 Å². The Labute approximate surface area is 139 Å². The standard InChI is InChI=1S/C15H21N5O2S/c1-19(2)11-4-7-20(8-5-11)14-16-6-3-10(17-14)9-12-13(21)18-15(22)23-12/h3,6,9,11,15,22H,4-5,7-8H2,1-2H3,(H,18,21)/b12-9-. The number of thioether (sulfide) groups is 1. The molecule has 23 heavy (non-hydrogen) atoms. The molecule has 2 aliphatic rings. The molecule has 8 heteroatoms. The molecule has 1 unspecified atom stereocenters. The summed E-state index contributed by atoms with van der Waals surface area (Å²) in [6.45, 7) is 1.85. The molecule has 0 spiro atoms. The van der Waals surface area contributed by atoms with E-state index < -0.39 is 5.56 Å². The number of piperidine rings is 1. The van der Waals surface area contributed by atoms with Gasteiger partial charge in [-0.3, -0.25) is 4.79 Å². The zero-order valence-corrected chi connectivity index (χ0v) is 14.1. The molecular weight excluding hydrogens is 314 g/mol. The van der Waals surface area contributed by atoms with E-state index in [-0.39, 0.29) is 5.91 Å². The molecule has 1 aromatic rings. The predicted molar refractivity (Wildman–Crippen MR) is 90.7 cm³/mol. The summed E-state index contributed by atoms with van der Waals surface area (Å²) in [4.78, 5) is 25.5. The molecule has 1 aromatic heterocycles. The van der Waals surface area contributed by atoms with Gasteiger partial charge in [0.1, 0.15) is 0 Å². The molecule has 1 amide bonds. The van der Waals surface area contributed by atoms with E-state index in [1.165, 1.54) is 0 Å². The van der Waals surface area contributed by atoms with Crippen LogP contribution in [0.5, 0.6) is 0 Å². The summed E-state index contributed by atoms with van der Waals surface area (Å²) >= 11 is 1.09. The minimum absolute atomic E-state index is 0.269. The van der Waals surface area contributed by atoms with Gasteiger partial charge in [-0.2, -0.15) is 0 Å². The molecule has 0 bridgehead atoms. The van der Waals surface area contributed by atoms with E-state index in [2.05, 4.69) is 39.2 Å². The Hall–Kier alpha value is -1.64. The van der Waals surface area contributed by atoms with E-state index in [1.807, 2.05) is 0 Å². The van der Waals surface area contributed by atoms with Crippen LogP contribution in [-0.4, -0.2) is 64.7 Å². The normalized spacial score (nSPS) is 24.5. The SMILES string of the molecule is CN(C)C1CCN(c2nccc(/C=C3\SC(O)NC3=O)n2)CC1. The van der Waals surface area contributed by atoms with Crippen LogP contribution < -0.4 is 10.2 Å². The van der Waals surface area contributed by atoms with Crippen LogP contribution in [0.3, 0.4) is 0 Å². The topological polar surface area (TPSA) is 81.6 Å². The largest absolute Gasteiger partial charge is 0.364 e. The maximum absolute atomic E-state index is 11.7. The molecule has 7 nitrogen and oxygen atoms in total. The van der Waals surface area contributed by atoms with Gasteiger partial charge in [-0.05, 0) is 39.1 Å². The fourth-order valence-electron chi connectivity index (χ4n) is 2.80. The van der Waals surface area contributed by atoms with Gasteiger partial charge in [-0.25, -0.2) is 9.97 Å². The molecule has 0 radical (unpaired) electrons. The predicted octanol–water partition coefficient (Wildman–Crippen LogP) is 0.487. The average Bonchev–Trinajstić information content (AvgIpc) is 2.85. The highest BCUT2D eigenvalue weighted by atomic mass is 32.2. The van der Waals surface area contributed by atoms with E-state index in [0.29, 0.717) is 22.6 Å². The number of nitrogens with one attached hydrogen (secondary N) is 1. The molecule has 0 aliphatic carbocycles. The number of aliphatic hydroxyl groups excluding tert-OH is 1. The number of hydrogen-bond donors (Lipinski definition) is 2. The summed E-state index contributed by atoms with van der Waals surface area (Å²) in [5.74, 6) is 0.426. The Bertz CT molecular complexity index is 614. The number of hydrogen-bond acceptors (Lipinski definition) is 7. The number of rotatable bonds is 3. The van der Waals surface area contributed by atoms with Crippen molar-refractivity contribution in [3.8, 4) is 0 Å². The molecular formula is C15H21N5O2S. The van der Waals surface area contributed by atoms with Gasteiger partial charge in [0.2, 0.25) is 5.95 Å². The lowest BCUT2D eigenvalue weighted by atomic mass is 10.0. The molecule has 0 saturated carbocycles. The molecule has 2 aliphatic heterocycles. The zero-order valence-electron chi connectivity index (χ0n) is 13.3. The first-order valence-electron chi connectivity index (χ1n) is 7.64. The number of carbonyl (C=O) groups excluding carboxylic acids is 1. The Kier molecular flexibility index (Phi) is 4.84. The smallest absolute Gasteiger partial charge is 0.260 e. The number of aromatic nitrogens is 2. The van der Waals surface area contributed by atoms with Crippen LogP contribution in [0, 0.1) is 0 Å². The van der Waals surface area contributed by atoms with Crippen molar-refractivity contribution in [2.24, 2.45) is 0 Å². The second-order valence-corrected chi connectivity index (χ2v) is 7.04. The minimum Gasteiger partial charge on any atom is -0.364 e. The van der Waals surface area contributed by atoms with Crippen molar-refractivity contribution >= 4 is 29.7 Å². The number of carbonyl (C=O) groups is 1. The van der Waals surface area contributed by atoms with Crippen molar-refractivity contribution in [2.75, 3.05) is 32.1 Å². The van der Waals surface area contributed by atoms with Crippen molar-refractivity contribution in [2.45, 2.75) is 24.4 Å². The van der Waals surface area contributed by atoms with Gasteiger partial charge < -0.3 is 20.2 Å². The van der Waals surface area contributed by atoms with Gasteiger partial charge in [0.25, 0.3) is 5.91 Å². The second-order valence-electron chi connectivity index (χ2n) is 5.92. The lowest BCUT2D eigenvalue weighted by Crippen LogP contribution is -2.42. The van der Waals surface area contributed by atoms with Crippen LogP contribution in [-0.2, 0) is 4.79 Å². The van der Waals surface area contributed by atoms with Crippen molar-refractivity contribution in [3.05, 3.63) is 22.9 Å². The van der Waals surface area contributed by atoms with Crippen molar-refractivity contribution in [1.29, 1.82) is 0 Å². The summed E-state index contributed by atoms with van der Waals surface area (Å²) in [5.41, 5.74) is -0.198. The zero-order chi connectivity index (χ0) is 16.4. The van der Waals surface area contributed by atoms with Crippen molar-refractivity contribution in [1.82, 2.24) is 20.2 Å². The highest BCUT2D eigenvalue weighted by Gasteiger charge is 2.26. The first kappa shape index (κ1) is 16.2. The third-order valence-corrected chi connectivity index (χ3v) is 5.04. The first-order chi connectivity index (χ1) is 11.0. The molecule has 2 N–H and O–H groups in total. The van der Waals surface area contributed by atoms with Crippen LogP contribution in [0.25, 0.3) is 6.08 Å². The average molecular weight is 335 g/mol. The maximum Gasteiger partial charge on any atom is 0.260 e. The third-order valence-electron chi connectivity index (χ3n) is 4.14. The second kappa shape index (κ2) is 6.86. The Morgan fingerprint density at radius 2 is 2.17 bits per heavy atom. The summed E-state index contributed by atoms with van der Waals surface area (Å²) < 4.78 is 0. The minimum atomic E-state index is -0.875. The van der Waals surface area contributed by atoms with Gasteiger partial charge in [0.15, 0.2) is 5.56 Å². The van der Waals surface area contributed by atoms with Gasteiger partial charge in [-0.15, -0.1) is 0 Å². The lowest BCUT2D eigenvalue weighted by molar-refractivity contribution is -0.117.